The Bertz CT molecular complexity index is 1250. The Labute approximate surface area is 197 Å². The van der Waals surface area contributed by atoms with Gasteiger partial charge in [0.1, 0.15) is 0 Å². The van der Waals surface area contributed by atoms with Gasteiger partial charge in [0.15, 0.2) is 11.6 Å². The normalized spacial score (nSPS) is 11.8. The summed E-state index contributed by atoms with van der Waals surface area (Å²) >= 11 is 5.88. The number of carbonyl (C=O) groups is 2. The summed E-state index contributed by atoms with van der Waals surface area (Å²) in [5.74, 6) is -4.46. The third kappa shape index (κ3) is 5.73. The number of alkyl halides is 6. The lowest BCUT2D eigenvalue weighted by Gasteiger charge is -2.15. The molecule has 184 valence electrons. The highest BCUT2D eigenvalue weighted by atomic mass is 35.5. The van der Waals surface area contributed by atoms with Gasteiger partial charge in [0.25, 0.3) is 0 Å². The van der Waals surface area contributed by atoms with E-state index < -0.39 is 57.6 Å². The molecule has 0 aliphatic heterocycles. The molecule has 0 aliphatic carbocycles. The van der Waals surface area contributed by atoms with E-state index in [1.807, 2.05) is 0 Å². The van der Waals surface area contributed by atoms with E-state index in [0.717, 1.165) is 13.2 Å². The molecule has 0 bridgehead atoms. The molecule has 0 aliphatic rings. The minimum Gasteiger partial charge on any atom is -0.465 e. The average Bonchev–Trinajstić information content (AvgIpc) is 2.80. The molecule has 0 unspecified atom stereocenters. The third-order valence-electron chi connectivity index (χ3n) is 4.68. The first kappa shape index (κ1) is 26.0. The second kappa shape index (κ2) is 9.57. The molecule has 0 atom stereocenters. The number of rotatable bonds is 4. The molecule has 0 radical (unpaired) electrons. The van der Waals surface area contributed by atoms with E-state index in [9.17, 15) is 35.9 Å². The van der Waals surface area contributed by atoms with E-state index >= 15 is 4.39 Å². The fourth-order valence-corrected chi connectivity index (χ4v) is 3.16. The number of methoxy groups -OCH3 is 1. The zero-order valence-corrected chi connectivity index (χ0v) is 18.1. The van der Waals surface area contributed by atoms with Gasteiger partial charge in [0.2, 0.25) is 0 Å². The smallest absolute Gasteiger partial charge is 0.416 e. The third-order valence-corrected chi connectivity index (χ3v) is 4.98. The maximum atomic E-state index is 15.1. The first-order valence-corrected chi connectivity index (χ1v) is 9.78. The first-order chi connectivity index (χ1) is 16.2. The van der Waals surface area contributed by atoms with Gasteiger partial charge in [0.05, 0.1) is 34.4 Å². The number of hydrogen-bond acceptors (Lipinski definition) is 4. The number of ether oxygens (including phenoxy) is 2. The van der Waals surface area contributed by atoms with Crippen molar-refractivity contribution < 1.29 is 49.8 Å². The number of benzene rings is 3. The average molecular weight is 521 g/mol. The Morgan fingerprint density at radius 2 is 1.31 bits per heavy atom. The van der Waals surface area contributed by atoms with Gasteiger partial charge >= 0.3 is 24.3 Å². The Kier molecular flexibility index (Phi) is 7.11. The second-order valence-corrected chi connectivity index (χ2v) is 7.40. The minimum absolute atomic E-state index is 0.152. The molecule has 0 fully saturated rings. The zero-order valence-electron chi connectivity index (χ0n) is 17.4. The standard InChI is InChI=1S/C23H12ClF7O4/c1-34-20(32)12-4-2-11(3-5-12)16-6-7-17(24)19(18(16)25)35-21(33)13-8-14(22(26,27)28)10-15(9-13)23(29,30)31/h2-10H,1H3. The maximum absolute atomic E-state index is 15.1. The molecule has 0 saturated heterocycles. The van der Waals surface area contributed by atoms with Crippen molar-refractivity contribution in [3.63, 3.8) is 0 Å². The highest BCUT2D eigenvalue weighted by molar-refractivity contribution is 6.32. The molecule has 12 heteroatoms. The van der Waals surface area contributed by atoms with E-state index in [2.05, 4.69) is 4.74 Å². The lowest BCUT2D eigenvalue weighted by molar-refractivity contribution is -0.143. The summed E-state index contributed by atoms with van der Waals surface area (Å²) in [6.45, 7) is 0. The first-order valence-electron chi connectivity index (χ1n) is 9.40. The molecule has 0 N–H and O–H groups in total. The van der Waals surface area contributed by atoms with Crippen LogP contribution in [0.15, 0.2) is 54.6 Å². The number of halogens is 8. The lowest BCUT2D eigenvalue weighted by Crippen LogP contribution is -2.16. The van der Waals surface area contributed by atoms with E-state index in [1.54, 1.807) is 0 Å². The van der Waals surface area contributed by atoms with Crippen LogP contribution in [-0.4, -0.2) is 19.0 Å². The Morgan fingerprint density at radius 3 is 1.80 bits per heavy atom. The van der Waals surface area contributed by atoms with Crippen LogP contribution in [-0.2, 0) is 17.1 Å². The number of esters is 2. The molecule has 0 amide bonds. The van der Waals surface area contributed by atoms with Crippen molar-refractivity contribution in [2.24, 2.45) is 0 Å². The minimum atomic E-state index is -5.20. The second-order valence-electron chi connectivity index (χ2n) is 6.99. The fourth-order valence-electron chi connectivity index (χ4n) is 2.98. The van der Waals surface area contributed by atoms with E-state index in [4.69, 9.17) is 16.3 Å². The Balaban J connectivity index is 2.01. The van der Waals surface area contributed by atoms with Crippen LogP contribution in [0.5, 0.6) is 5.75 Å². The van der Waals surface area contributed by atoms with Crippen LogP contribution in [0.3, 0.4) is 0 Å². The van der Waals surface area contributed by atoms with Crippen molar-refractivity contribution in [1.82, 2.24) is 0 Å². The molecule has 3 aromatic rings. The SMILES string of the molecule is COC(=O)c1ccc(-c2ccc(Cl)c(OC(=O)c3cc(C(F)(F)F)cc(C(F)(F)F)c3)c2F)cc1. The summed E-state index contributed by atoms with van der Waals surface area (Å²) in [6, 6.07) is 7.78. The van der Waals surface area contributed by atoms with Gasteiger partial charge in [0, 0.05) is 5.56 Å². The summed E-state index contributed by atoms with van der Waals surface area (Å²) in [7, 11) is 1.16. The van der Waals surface area contributed by atoms with Gasteiger partial charge in [-0.3, -0.25) is 0 Å². The molecule has 4 nitrogen and oxygen atoms in total. The van der Waals surface area contributed by atoms with Gasteiger partial charge in [-0.05, 0) is 48.0 Å². The summed E-state index contributed by atoms with van der Waals surface area (Å²) < 4.78 is 103. The molecule has 3 rings (SSSR count). The number of carbonyl (C=O) groups excluding carboxylic acids is 2. The van der Waals surface area contributed by atoms with Gasteiger partial charge in [-0.15, -0.1) is 0 Å². The summed E-state index contributed by atoms with van der Waals surface area (Å²) in [4.78, 5) is 24.0. The van der Waals surface area contributed by atoms with Crippen LogP contribution in [0, 0.1) is 5.82 Å². The highest BCUT2D eigenvalue weighted by Gasteiger charge is 2.38. The van der Waals surface area contributed by atoms with Crippen molar-refractivity contribution in [2.45, 2.75) is 12.4 Å². The van der Waals surface area contributed by atoms with Crippen molar-refractivity contribution in [2.75, 3.05) is 7.11 Å². The number of hydrogen-bond donors (Lipinski definition) is 0. The molecule has 35 heavy (non-hydrogen) atoms. The van der Waals surface area contributed by atoms with E-state index in [-0.39, 0.29) is 34.9 Å². The monoisotopic (exact) mass is 520 g/mol. The van der Waals surface area contributed by atoms with Crippen molar-refractivity contribution in [3.8, 4) is 16.9 Å². The summed E-state index contributed by atoms with van der Waals surface area (Å²) in [5, 5.41) is -0.464. The van der Waals surface area contributed by atoms with E-state index in [0.29, 0.717) is 0 Å². The highest BCUT2D eigenvalue weighted by Crippen LogP contribution is 2.38. The summed E-state index contributed by atoms with van der Waals surface area (Å²) in [5.41, 5.74) is -4.43. The van der Waals surface area contributed by atoms with Gasteiger partial charge in [-0.25, -0.2) is 14.0 Å². The molecule has 0 saturated carbocycles. The van der Waals surface area contributed by atoms with Crippen LogP contribution in [0.1, 0.15) is 31.8 Å². The molecule has 0 spiro atoms. The van der Waals surface area contributed by atoms with Crippen LogP contribution >= 0.6 is 11.6 Å². The summed E-state index contributed by atoms with van der Waals surface area (Å²) in [6.07, 6.45) is -10.4. The van der Waals surface area contributed by atoms with Crippen molar-refractivity contribution in [3.05, 3.63) is 87.7 Å². The topological polar surface area (TPSA) is 52.6 Å². The van der Waals surface area contributed by atoms with Gasteiger partial charge < -0.3 is 9.47 Å². The maximum Gasteiger partial charge on any atom is 0.416 e. The van der Waals surface area contributed by atoms with Gasteiger partial charge in [-0.1, -0.05) is 23.7 Å². The zero-order chi connectivity index (χ0) is 26.1. The fraction of sp³-hybridized carbons (Fsp3) is 0.130. The van der Waals surface area contributed by atoms with Crippen LogP contribution in [0.4, 0.5) is 30.7 Å². The van der Waals surface area contributed by atoms with Crippen molar-refractivity contribution >= 4 is 23.5 Å². The molecular formula is C23H12ClF7O4. The van der Waals surface area contributed by atoms with Crippen LogP contribution in [0.2, 0.25) is 5.02 Å². The largest absolute Gasteiger partial charge is 0.465 e. The Hall–Kier alpha value is -3.60. The van der Waals surface area contributed by atoms with Crippen molar-refractivity contribution in [1.29, 1.82) is 0 Å². The molecule has 3 aromatic carbocycles. The Morgan fingerprint density at radius 1 is 0.771 bits per heavy atom. The quantitative estimate of drug-likeness (QED) is 0.208. The van der Waals surface area contributed by atoms with Crippen LogP contribution < -0.4 is 4.74 Å². The molecule has 0 heterocycles. The lowest BCUT2D eigenvalue weighted by atomic mass is 10.0. The predicted molar refractivity (Wildman–Crippen MR) is 110 cm³/mol. The molecule has 0 aromatic heterocycles. The van der Waals surface area contributed by atoms with Gasteiger partial charge in [-0.2, -0.15) is 26.3 Å². The molecular weight excluding hydrogens is 509 g/mol. The van der Waals surface area contributed by atoms with E-state index in [1.165, 1.54) is 30.3 Å². The predicted octanol–water partition coefficient (Wildman–Crippen LogP) is 7.19. The van der Waals surface area contributed by atoms with Crippen LogP contribution in [0.25, 0.3) is 11.1 Å².